The quantitative estimate of drug-likeness (QED) is 0.237. The van der Waals surface area contributed by atoms with Crippen molar-refractivity contribution in [1.82, 2.24) is 0 Å². The van der Waals surface area contributed by atoms with Crippen LogP contribution >= 0.6 is 39.9 Å². The summed E-state index contributed by atoms with van der Waals surface area (Å²) < 4.78 is 12.0. The molecule has 1 heterocycles. The van der Waals surface area contributed by atoms with Gasteiger partial charge in [-0.15, -0.1) is 0 Å². The molecule has 2 aromatic rings. The van der Waals surface area contributed by atoms with Crippen LogP contribution in [-0.4, -0.2) is 28.9 Å². The van der Waals surface area contributed by atoms with E-state index in [-0.39, 0.29) is 11.6 Å². The molecule has 1 aliphatic heterocycles. The van der Waals surface area contributed by atoms with Gasteiger partial charge in [-0.1, -0.05) is 30.0 Å². The molecule has 1 aliphatic rings. The van der Waals surface area contributed by atoms with Crippen LogP contribution in [0.3, 0.4) is 0 Å². The van der Waals surface area contributed by atoms with Gasteiger partial charge in [0.2, 0.25) is 0 Å². The Bertz CT molecular complexity index is 1040. The number of hydrogen-bond donors (Lipinski definition) is 0. The molecule has 0 spiro atoms. The van der Waals surface area contributed by atoms with Crippen molar-refractivity contribution in [3.63, 3.8) is 0 Å². The third-order valence-electron chi connectivity index (χ3n) is 3.93. The van der Waals surface area contributed by atoms with E-state index >= 15 is 0 Å². The molecule has 0 atom stereocenters. The first kappa shape index (κ1) is 21.3. The first-order chi connectivity index (χ1) is 13.8. The minimum atomic E-state index is -0.513. The molecule has 0 aromatic heterocycles. The second-order valence-corrected chi connectivity index (χ2v) is 8.29. The molecule has 7 nitrogen and oxygen atoms in total. The summed E-state index contributed by atoms with van der Waals surface area (Å²) in [6.07, 6.45) is 1.70. The molecule has 1 amide bonds. The minimum absolute atomic E-state index is 0.110. The molecule has 29 heavy (non-hydrogen) atoms. The number of methoxy groups -OCH3 is 1. The largest absolute Gasteiger partial charge is 0.492 e. The van der Waals surface area contributed by atoms with Crippen molar-refractivity contribution in [3.05, 3.63) is 61.5 Å². The van der Waals surface area contributed by atoms with Crippen molar-refractivity contribution >= 4 is 67.6 Å². The van der Waals surface area contributed by atoms with Crippen LogP contribution in [0.2, 0.25) is 0 Å². The normalized spacial score (nSPS) is 15.1. The van der Waals surface area contributed by atoms with E-state index in [4.69, 9.17) is 21.7 Å². The summed E-state index contributed by atoms with van der Waals surface area (Å²) >= 11 is 9.92. The van der Waals surface area contributed by atoms with E-state index in [1.165, 1.54) is 23.1 Å². The standard InChI is InChI=1S/C19H15BrN2O5S2/c1-3-27-15-8-11(7-14(20)17(15)26-2)9-16-18(23)21(19(28)29-16)12-5-4-6-13(10-12)22(24)25/h4-10H,3H2,1-2H3/b16-9-. The number of thioether (sulfide) groups is 1. The molecule has 0 bridgehead atoms. The molecule has 0 N–H and O–H groups in total. The van der Waals surface area contributed by atoms with Gasteiger partial charge in [0.05, 0.1) is 33.7 Å². The molecular formula is C19H15BrN2O5S2. The van der Waals surface area contributed by atoms with Gasteiger partial charge in [-0.05, 0) is 52.7 Å². The molecule has 1 saturated heterocycles. The Labute approximate surface area is 184 Å². The average molecular weight is 495 g/mol. The molecule has 150 valence electrons. The number of rotatable bonds is 6. The van der Waals surface area contributed by atoms with E-state index in [2.05, 4.69) is 15.9 Å². The third-order valence-corrected chi connectivity index (χ3v) is 5.82. The first-order valence-corrected chi connectivity index (χ1v) is 10.4. The Morgan fingerprint density at radius 1 is 1.34 bits per heavy atom. The van der Waals surface area contributed by atoms with E-state index in [0.717, 1.165) is 17.3 Å². The second-order valence-electron chi connectivity index (χ2n) is 5.76. The Morgan fingerprint density at radius 2 is 2.10 bits per heavy atom. The molecular weight excluding hydrogens is 480 g/mol. The lowest BCUT2D eigenvalue weighted by Crippen LogP contribution is -2.27. The topological polar surface area (TPSA) is 81.9 Å². The summed E-state index contributed by atoms with van der Waals surface area (Å²) in [7, 11) is 1.55. The number of hydrogen-bond acceptors (Lipinski definition) is 7. The lowest BCUT2D eigenvalue weighted by Gasteiger charge is -2.14. The lowest BCUT2D eigenvalue weighted by molar-refractivity contribution is -0.384. The zero-order valence-corrected chi connectivity index (χ0v) is 18.6. The number of nitro benzene ring substituents is 1. The van der Waals surface area contributed by atoms with E-state index in [0.29, 0.717) is 37.5 Å². The van der Waals surface area contributed by atoms with Gasteiger partial charge in [0, 0.05) is 12.1 Å². The summed E-state index contributed by atoms with van der Waals surface area (Å²) in [5.41, 5.74) is 0.970. The zero-order valence-electron chi connectivity index (χ0n) is 15.4. The van der Waals surface area contributed by atoms with Crippen molar-refractivity contribution < 1.29 is 19.2 Å². The molecule has 0 radical (unpaired) electrons. The number of nitro groups is 1. The van der Waals surface area contributed by atoms with Crippen LogP contribution in [0.1, 0.15) is 12.5 Å². The number of halogens is 1. The monoisotopic (exact) mass is 494 g/mol. The number of amides is 1. The van der Waals surface area contributed by atoms with E-state index in [1.807, 2.05) is 6.92 Å². The summed E-state index contributed by atoms with van der Waals surface area (Å²) in [5, 5.41) is 11.0. The molecule has 3 rings (SSSR count). The van der Waals surface area contributed by atoms with Gasteiger partial charge in [-0.25, -0.2) is 0 Å². The van der Waals surface area contributed by atoms with Crippen molar-refractivity contribution in [2.24, 2.45) is 0 Å². The highest BCUT2D eigenvalue weighted by Gasteiger charge is 2.34. The smallest absolute Gasteiger partial charge is 0.271 e. The van der Waals surface area contributed by atoms with Gasteiger partial charge in [0.25, 0.3) is 11.6 Å². The Balaban J connectivity index is 1.96. The molecule has 0 aliphatic carbocycles. The fraction of sp³-hybridized carbons (Fsp3) is 0.158. The van der Waals surface area contributed by atoms with Crippen LogP contribution in [0.5, 0.6) is 11.5 Å². The van der Waals surface area contributed by atoms with Crippen LogP contribution < -0.4 is 14.4 Å². The maximum atomic E-state index is 12.9. The van der Waals surface area contributed by atoms with E-state index in [1.54, 1.807) is 31.4 Å². The molecule has 1 fully saturated rings. The van der Waals surface area contributed by atoms with Gasteiger partial charge in [-0.3, -0.25) is 19.8 Å². The molecule has 2 aromatic carbocycles. The van der Waals surface area contributed by atoms with Gasteiger partial charge in [0.1, 0.15) is 0 Å². The van der Waals surface area contributed by atoms with E-state index < -0.39 is 4.92 Å². The summed E-state index contributed by atoms with van der Waals surface area (Å²) in [5.74, 6) is 0.767. The highest BCUT2D eigenvalue weighted by Crippen LogP contribution is 2.40. The predicted molar refractivity (Wildman–Crippen MR) is 121 cm³/mol. The van der Waals surface area contributed by atoms with Gasteiger partial charge in [-0.2, -0.15) is 0 Å². The van der Waals surface area contributed by atoms with Crippen molar-refractivity contribution in [1.29, 1.82) is 0 Å². The first-order valence-electron chi connectivity index (χ1n) is 8.38. The maximum absolute atomic E-state index is 12.9. The number of benzene rings is 2. The molecule has 0 saturated carbocycles. The maximum Gasteiger partial charge on any atom is 0.271 e. The summed E-state index contributed by atoms with van der Waals surface area (Å²) in [4.78, 5) is 25.1. The van der Waals surface area contributed by atoms with Crippen molar-refractivity contribution in [2.75, 3.05) is 18.6 Å². The molecule has 10 heteroatoms. The number of thiocarbonyl (C=S) groups is 1. The fourth-order valence-electron chi connectivity index (χ4n) is 2.72. The average Bonchev–Trinajstić information content (AvgIpc) is 2.95. The SMILES string of the molecule is CCOc1cc(/C=C2\SC(=S)N(c3cccc([N+](=O)[O-])c3)C2=O)cc(Br)c1OC. The van der Waals surface area contributed by atoms with Crippen LogP contribution in [0, 0.1) is 10.1 Å². The Kier molecular flexibility index (Phi) is 6.56. The lowest BCUT2D eigenvalue weighted by atomic mass is 10.1. The van der Waals surface area contributed by atoms with Gasteiger partial charge in [0.15, 0.2) is 15.8 Å². The van der Waals surface area contributed by atoms with Gasteiger partial charge >= 0.3 is 0 Å². The zero-order chi connectivity index (χ0) is 21.1. The third kappa shape index (κ3) is 4.44. The summed E-state index contributed by atoms with van der Waals surface area (Å²) in [6, 6.07) is 9.39. The Hall–Kier alpha value is -2.43. The summed E-state index contributed by atoms with van der Waals surface area (Å²) in [6.45, 7) is 2.32. The fourth-order valence-corrected chi connectivity index (χ4v) is 4.64. The van der Waals surface area contributed by atoms with Crippen LogP contribution in [-0.2, 0) is 4.79 Å². The Morgan fingerprint density at radius 3 is 2.76 bits per heavy atom. The van der Waals surface area contributed by atoms with Crippen molar-refractivity contribution in [3.8, 4) is 11.5 Å². The van der Waals surface area contributed by atoms with Crippen LogP contribution in [0.25, 0.3) is 6.08 Å². The highest BCUT2D eigenvalue weighted by molar-refractivity contribution is 9.10. The number of carbonyl (C=O) groups excluding carboxylic acids is 1. The van der Waals surface area contributed by atoms with Crippen LogP contribution in [0.4, 0.5) is 11.4 Å². The predicted octanol–water partition coefficient (Wildman–Crippen LogP) is 5.17. The number of ether oxygens (including phenoxy) is 2. The number of non-ortho nitro benzene ring substituents is 1. The highest BCUT2D eigenvalue weighted by atomic mass is 79.9. The second kappa shape index (κ2) is 8.93. The number of anilines is 1. The van der Waals surface area contributed by atoms with Gasteiger partial charge < -0.3 is 9.47 Å². The number of carbonyl (C=O) groups is 1. The number of nitrogens with zero attached hydrogens (tertiary/aromatic N) is 2. The van der Waals surface area contributed by atoms with Crippen molar-refractivity contribution in [2.45, 2.75) is 6.92 Å². The minimum Gasteiger partial charge on any atom is -0.492 e. The molecule has 0 unspecified atom stereocenters. The van der Waals surface area contributed by atoms with Crippen LogP contribution in [0.15, 0.2) is 45.8 Å². The van der Waals surface area contributed by atoms with E-state index in [9.17, 15) is 14.9 Å².